The van der Waals surface area contributed by atoms with Crippen LogP contribution in [0.25, 0.3) is 0 Å². The first-order chi connectivity index (χ1) is 10.2. The molecule has 0 amide bonds. The van der Waals surface area contributed by atoms with Gasteiger partial charge in [-0.2, -0.15) is 0 Å². The standard InChI is InChI=1S/C18H20ClFO/c1-3-18(13-19,15-9-5-4-6-10-15)12-14-8-7-11-16(21-2)17(14)20/h4-11H,3,12-13H2,1-2H3. The van der Waals surface area contributed by atoms with Gasteiger partial charge in [0.1, 0.15) is 0 Å². The predicted molar refractivity (Wildman–Crippen MR) is 85.8 cm³/mol. The number of hydrogen-bond donors (Lipinski definition) is 0. The van der Waals surface area contributed by atoms with Crippen molar-refractivity contribution in [2.24, 2.45) is 0 Å². The molecule has 2 rings (SSSR count). The van der Waals surface area contributed by atoms with Gasteiger partial charge >= 0.3 is 0 Å². The summed E-state index contributed by atoms with van der Waals surface area (Å²) < 4.78 is 19.5. The Bertz CT molecular complexity index is 579. The number of rotatable bonds is 6. The summed E-state index contributed by atoms with van der Waals surface area (Å²) in [5.74, 6) is 0.434. The lowest BCUT2D eigenvalue weighted by Gasteiger charge is -2.32. The molecule has 0 radical (unpaired) electrons. The van der Waals surface area contributed by atoms with Gasteiger partial charge in [0.05, 0.1) is 7.11 Å². The van der Waals surface area contributed by atoms with Crippen molar-refractivity contribution in [1.29, 1.82) is 0 Å². The first kappa shape index (κ1) is 15.8. The molecule has 1 atom stereocenters. The van der Waals surface area contributed by atoms with Crippen LogP contribution < -0.4 is 4.74 Å². The van der Waals surface area contributed by atoms with Crippen molar-refractivity contribution in [3.63, 3.8) is 0 Å². The fourth-order valence-electron chi connectivity index (χ4n) is 2.66. The number of halogens is 2. The van der Waals surface area contributed by atoms with Crippen LogP contribution in [-0.2, 0) is 11.8 Å². The van der Waals surface area contributed by atoms with Gasteiger partial charge in [-0.15, -0.1) is 11.6 Å². The van der Waals surface area contributed by atoms with E-state index in [1.165, 1.54) is 7.11 Å². The van der Waals surface area contributed by atoms with Crippen LogP contribution in [0.5, 0.6) is 5.75 Å². The van der Waals surface area contributed by atoms with Crippen LogP contribution in [0.2, 0.25) is 0 Å². The van der Waals surface area contributed by atoms with Crippen LogP contribution in [0.1, 0.15) is 24.5 Å². The molecule has 0 aliphatic rings. The van der Waals surface area contributed by atoms with Gasteiger partial charge < -0.3 is 4.74 Å². The molecule has 0 aliphatic heterocycles. The normalized spacial score (nSPS) is 13.7. The van der Waals surface area contributed by atoms with Gasteiger partial charge in [0.25, 0.3) is 0 Å². The summed E-state index contributed by atoms with van der Waals surface area (Å²) in [6.45, 7) is 2.09. The Morgan fingerprint density at radius 1 is 1.10 bits per heavy atom. The van der Waals surface area contributed by atoms with Crippen molar-refractivity contribution in [2.45, 2.75) is 25.2 Å². The molecular weight excluding hydrogens is 287 g/mol. The van der Waals surface area contributed by atoms with E-state index in [1.807, 2.05) is 24.3 Å². The van der Waals surface area contributed by atoms with E-state index in [-0.39, 0.29) is 17.0 Å². The Morgan fingerprint density at radius 3 is 2.38 bits per heavy atom. The maximum Gasteiger partial charge on any atom is 0.168 e. The highest BCUT2D eigenvalue weighted by Gasteiger charge is 2.31. The molecule has 0 spiro atoms. The summed E-state index contributed by atoms with van der Waals surface area (Å²) in [4.78, 5) is 0. The van der Waals surface area contributed by atoms with Crippen LogP contribution in [0.3, 0.4) is 0 Å². The fraction of sp³-hybridized carbons (Fsp3) is 0.333. The van der Waals surface area contributed by atoms with E-state index in [1.54, 1.807) is 12.1 Å². The lowest BCUT2D eigenvalue weighted by Crippen LogP contribution is -2.30. The third-order valence-corrected chi connectivity index (χ3v) is 4.62. The Morgan fingerprint density at radius 2 is 1.81 bits per heavy atom. The number of methoxy groups -OCH3 is 1. The molecule has 0 aromatic heterocycles. The lowest BCUT2D eigenvalue weighted by atomic mass is 9.75. The first-order valence-corrected chi connectivity index (χ1v) is 7.63. The molecule has 112 valence electrons. The molecule has 0 fully saturated rings. The number of hydrogen-bond acceptors (Lipinski definition) is 1. The lowest BCUT2D eigenvalue weighted by molar-refractivity contribution is 0.378. The van der Waals surface area contributed by atoms with Gasteiger partial charge in [0.2, 0.25) is 0 Å². The number of ether oxygens (including phenoxy) is 1. The van der Waals surface area contributed by atoms with Crippen molar-refractivity contribution < 1.29 is 9.13 Å². The van der Waals surface area contributed by atoms with E-state index in [9.17, 15) is 4.39 Å². The average molecular weight is 307 g/mol. The molecule has 0 saturated heterocycles. The molecule has 0 saturated carbocycles. The van der Waals surface area contributed by atoms with E-state index in [0.717, 1.165) is 12.0 Å². The Hall–Kier alpha value is -1.54. The van der Waals surface area contributed by atoms with Crippen molar-refractivity contribution in [1.82, 2.24) is 0 Å². The minimum atomic E-state index is -0.293. The van der Waals surface area contributed by atoms with Crippen molar-refractivity contribution in [3.05, 3.63) is 65.5 Å². The van der Waals surface area contributed by atoms with E-state index >= 15 is 0 Å². The smallest absolute Gasteiger partial charge is 0.168 e. The monoisotopic (exact) mass is 306 g/mol. The highest BCUT2D eigenvalue weighted by Crippen LogP contribution is 2.35. The van der Waals surface area contributed by atoms with E-state index in [0.29, 0.717) is 17.9 Å². The highest BCUT2D eigenvalue weighted by atomic mass is 35.5. The predicted octanol–water partition coefficient (Wildman–Crippen LogP) is 4.96. The topological polar surface area (TPSA) is 9.23 Å². The van der Waals surface area contributed by atoms with E-state index in [2.05, 4.69) is 19.1 Å². The second kappa shape index (κ2) is 6.95. The molecule has 1 nitrogen and oxygen atoms in total. The summed E-state index contributed by atoms with van der Waals surface area (Å²) in [5, 5.41) is 0. The largest absolute Gasteiger partial charge is 0.494 e. The number of benzene rings is 2. The molecule has 1 unspecified atom stereocenters. The summed E-state index contributed by atoms with van der Waals surface area (Å²) >= 11 is 6.28. The minimum absolute atomic E-state index is 0.268. The third kappa shape index (κ3) is 3.21. The molecule has 2 aromatic rings. The van der Waals surface area contributed by atoms with Crippen LogP contribution in [-0.4, -0.2) is 13.0 Å². The molecule has 3 heteroatoms. The van der Waals surface area contributed by atoms with E-state index in [4.69, 9.17) is 16.3 Å². The summed E-state index contributed by atoms with van der Waals surface area (Å²) in [6, 6.07) is 15.3. The minimum Gasteiger partial charge on any atom is -0.494 e. The molecule has 0 bridgehead atoms. The second-order valence-corrected chi connectivity index (χ2v) is 5.51. The SMILES string of the molecule is CCC(CCl)(Cc1cccc(OC)c1F)c1ccccc1. The third-order valence-electron chi connectivity index (χ3n) is 4.11. The van der Waals surface area contributed by atoms with Gasteiger partial charge in [-0.05, 0) is 30.0 Å². The first-order valence-electron chi connectivity index (χ1n) is 7.09. The quantitative estimate of drug-likeness (QED) is 0.685. The van der Waals surface area contributed by atoms with Crippen LogP contribution in [0.4, 0.5) is 4.39 Å². The average Bonchev–Trinajstić information content (AvgIpc) is 2.55. The van der Waals surface area contributed by atoms with Crippen LogP contribution >= 0.6 is 11.6 Å². The molecular formula is C18H20ClFO. The van der Waals surface area contributed by atoms with Crippen molar-refractivity contribution in [3.8, 4) is 5.75 Å². The molecule has 0 N–H and O–H groups in total. The van der Waals surface area contributed by atoms with Crippen molar-refractivity contribution >= 4 is 11.6 Å². The van der Waals surface area contributed by atoms with Gasteiger partial charge in [-0.25, -0.2) is 4.39 Å². The van der Waals surface area contributed by atoms with Gasteiger partial charge in [-0.3, -0.25) is 0 Å². The highest BCUT2D eigenvalue weighted by molar-refractivity contribution is 6.18. The zero-order chi connectivity index (χ0) is 15.3. The maximum atomic E-state index is 14.4. The molecule has 2 aromatic carbocycles. The summed E-state index contributed by atoms with van der Waals surface area (Å²) in [7, 11) is 1.48. The second-order valence-electron chi connectivity index (χ2n) is 5.24. The Kier molecular flexibility index (Phi) is 5.24. The zero-order valence-corrected chi connectivity index (χ0v) is 13.2. The summed E-state index contributed by atoms with van der Waals surface area (Å²) in [6.07, 6.45) is 1.40. The molecule has 0 aliphatic carbocycles. The number of alkyl halides is 1. The molecule has 0 heterocycles. The van der Waals surface area contributed by atoms with Gasteiger partial charge in [0, 0.05) is 11.3 Å². The fourth-order valence-corrected chi connectivity index (χ4v) is 3.09. The van der Waals surface area contributed by atoms with Crippen molar-refractivity contribution in [2.75, 3.05) is 13.0 Å². The van der Waals surface area contributed by atoms with E-state index < -0.39 is 0 Å². The summed E-state index contributed by atoms with van der Waals surface area (Å²) in [5.41, 5.74) is 1.51. The zero-order valence-electron chi connectivity index (χ0n) is 12.4. The Labute approximate surface area is 130 Å². The van der Waals surface area contributed by atoms with Gasteiger partial charge in [0.15, 0.2) is 11.6 Å². The van der Waals surface area contributed by atoms with Gasteiger partial charge in [-0.1, -0.05) is 49.4 Å². The molecule has 21 heavy (non-hydrogen) atoms. The van der Waals surface area contributed by atoms with Crippen LogP contribution in [0.15, 0.2) is 48.5 Å². The van der Waals surface area contributed by atoms with Crippen LogP contribution in [0, 0.1) is 5.82 Å². The maximum absolute atomic E-state index is 14.4. The Balaban J connectivity index is 2.42.